The molecule has 3 atom stereocenters. The van der Waals surface area contributed by atoms with Crippen LogP contribution in [0.3, 0.4) is 0 Å². The number of hydrogen-bond donors (Lipinski definition) is 0. The van der Waals surface area contributed by atoms with Crippen molar-refractivity contribution in [2.75, 3.05) is 0 Å². The number of cyclic esters (lactones) is 1. The van der Waals surface area contributed by atoms with Gasteiger partial charge in [-0.05, 0) is 37.2 Å². The lowest BCUT2D eigenvalue weighted by Gasteiger charge is -2.13. The van der Waals surface area contributed by atoms with Gasteiger partial charge in [-0.3, -0.25) is 0 Å². The monoisotopic (exact) mass is 284 g/mol. The van der Waals surface area contributed by atoms with E-state index in [4.69, 9.17) is 4.74 Å². The Labute approximate surface area is 127 Å². The van der Waals surface area contributed by atoms with Gasteiger partial charge in [0.1, 0.15) is 6.10 Å². The molecule has 2 aliphatic rings. The van der Waals surface area contributed by atoms with Gasteiger partial charge in [-0.1, -0.05) is 55.5 Å². The van der Waals surface area contributed by atoms with E-state index in [2.05, 4.69) is 37.3 Å². The van der Waals surface area contributed by atoms with Crippen LogP contribution < -0.4 is 0 Å². The van der Waals surface area contributed by atoms with Crippen LogP contribution >= 0.6 is 0 Å². The largest absolute Gasteiger partial charge is 0.455 e. The van der Waals surface area contributed by atoms with E-state index >= 15 is 0 Å². The first-order valence-electron chi connectivity index (χ1n) is 7.79. The third-order valence-electron chi connectivity index (χ3n) is 3.74. The third-order valence-corrected chi connectivity index (χ3v) is 3.74. The fraction of sp³-hybridized carbons (Fsp3) is 0.421. The molecule has 0 radical (unpaired) electrons. The molecule has 112 valence electrons. The zero-order valence-electron chi connectivity index (χ0n) is 12.7. The second-order valence-electron chi connectivity index (χ2n) is 5.69. The molecular weight excluding hydrogens is 260 g/mol. The summed E-state index contributed by atoms with van der Waals surface area (Å²) in [4.78, 5) is 11.0. The van der Waals surface area contributed by atoms with Crippen LogP contribution in [-0.2, 0) is 9.53 Å². The number of carbonyl (C=O) groups excluding carboxylic acids is 1. The van der Waals surface area contributed by atoms with Crippen molar-refractivity contribution in [3.63, 3.8) is 0 Å². The van der Waals surface area contributed by atoms with Gasteiger partial charge < -0.3 is 4.74 Å². The molecule has 21 heavy (non-hydrogen) atoms. The van der Waals surface area contributed by atoms with Gasteiger partial charge in [0, 0.05) is 12.5 Å². The topological polar surface area (TPSA) is 26.3 Å². The highest BCUT2D eigenvalue weighted by molar-refractivity contribution is 5.82. The molecule has 1 fully saturated rings. The number of unbranched alkanes of at least 4 members (excludes halogenated alkanes) is 1. The summed E-state index contributed by atoms with van der Waals surface area (Å²) in [6.07, 6.45) is 24.3. The second kappa shape index (κ2) is 8.46. The normalized spacial score (nSPS) is 29.2. The lowest BCUT2D eigenvalue weighted by Crippen LogP contribution is -2.17. The van der Waals surface area contributed by atoms with Crippen molar-refractivity contribution in [2.24, 2.45) is 11.8 Å². The van der Waals surface area contributed by atoms with E-state index < -0.39 is 0 Å². The number of allylic oxidation sites excluding steroid dienone is 7. The molecule has 1 saturated carbocycles. The second-order valence-corrected chi connectivity index (χ2v) is 5.69. The molecule has 2 heteroatoms. The maximum absolute atomic E-state index is 11.0. The maximum atomic E-state index is 11.0. The molecule has 2 nitrogen and oxygen atoms in total. The molecular formula is C19H24O2. The van der Waals surface area contributed by atoms with Crippen LogP contribution in [-0.4, -0.2) is 12.1 Å². The predicted octanol–water partition coefficient (Wildman–Crippen LogP) is 4.52. The summed E-state index contributed by atoms with van der Waals surface area (Å²) in [6.45, 7) is 2.29. The van der Waals surface area contributed by atoms with E-state index in [9.17, 15) is 4.79 Å². The van der Waals surface area contributed by atoms with Crippen LogP contribution in [0.1, 0.15) is 32.6 Å². The van der Waals surface area contributed by atoms with Gasteiger partial charge in [-0.15, -0.1) is 0 Å². The SMILES string of the molecule is CC1CC1C=CC=CCCC=CC=CC1CC=CC(=O)O1. The average molecular weight is 284 g/mol. The van der Waals surface area contributed by atoms with Crippen molar-refractivity contribution < 1.29 is 9.53 Å². The molecule has 2 rings (SSSR count). The van der Waals surface area contributed by atoms with Crippen molar-refractivity contribution in [3.8, 4) is 0 Å². The van der Waals surface area contributed by atoms with Crippen LogP contribution in [0.2, 0.25) is 0 Å². The van der Waals surface area contributed by atoms with E-state index in [1.807, 2.05) is 24.3 Å². The molecule has 1 heterocycles. The van der Waals surface area contributed by atoms with Gasteiger partial charge in [0.25, 0.3) is 0 Å². The minimum absolute atomic E-state index is 0.109. The van der Waals surface area contributed by atoms with Crippen molar-refractivity contribution in [2.45, 2.75) is 38.7 Å². The van der Waals surface area contributed by atoms with Crippen molar-refractivity contribution in [1.82, 2.24) is 0 Å². The highest BCUT2D eigenvalue weighted by Crippen LogP contribution is 2.38. The van der Waals surface area contributed by atoms with E-state index in [0.717, 1.165) is 31.1 Å². The third kappa shape index (κ3) is 6.44. The molecule has 0 N–H and O–H groups in total. The van der Waals surface area contributed by atoms with E-state index in [1.54, 1.807) is 0 Å². The van der Waals surface area contributed by atoms with Crippen LogP contribution in [0.25, 0.3) is 0 Å². The average Bonchev–Trinajstić information content (AvgIpc) is 3.17. The smallest absolute Gasteiger partial charge is 0.331 e. The molecule has 1 aliphatic heterocycles. The minimum atomic E-state index is -0.251. The fourth-order valence-corrected chi connectivity index (χ4v) is 2.21. The zero-order chi connectivity index (χ0) is 14.9. The lowest BCUT2D eigenvalue weighted by atomic mass is 10.2. The number of rotatable bonds is 7. The summed E-state index contributed by atoms with van der Waals surface area (Å²) in [7, 11) is 0. The molecule has 0 bridgehead atoms. The van der Waals surface area contributed by atoms with Crippen LogP contribution in [0.5, 0.6) is 0 Å². The lowest BCUT2D eigenvalue weighted by molar-refractivity contribution is -0.141. The van der Waals surface area contributed by atoms with Crippen molar-refractivity contribution in [1.29, 1.82) is 0 Å². The highest BCUT2D eigenvalue weighted by Gasteiger charge is 2.29. The Morgan fingerprint density at radius 1 is 1.14 bits per heavy atom. The number of ether oxygens (including phenoxy) is 1. The van der Waals surface area contributed by atoms with E-state index in [-0.39, 0.29) is 12.1 Å². The van der Waals surface area contributed by atoms with Crippen molar-refractivity contribution in [3.05, 3.63) is 60.8 Å². The number of carbonyl (C=O) groups is 1. The Morgan fingerprint density at radius 2 is 1.81 bits per heavy atom. The number of hydrogen-bond acceptors (Lipinski definition) is 2. The Balaban J connectivity index is 1.53. The zero-order valence-corrected chi connectivity index (χ0v) is 12.7. The van der Waals surface area contributed by atoms with Crippen LogP contribution in [0.15, 0.2) is 60.8 Å². The van der Waals surface area contributed by atoms with E-state index in [0.29, 0.717) is 0 Å². The molecule has 1 aliphatic carbocycles. The van der Waals surface area contributed by atoms with Gasteiger partial charge in [-0.25, -0.2) is 4.79 Å². The van der Waals surface area contributed by atoms with Gasteiger partial charge in [-0.2, -0.15) is 0 Å². The maximum Gasteiger partial charge on any atom is 0.331 e. The minimum Gasteiger partial charge on any atom is -0.455 e. The summed E-state index contributed by atoms with van der Waals surface area (Å²) in [5.41, 5.74) is 0. The molecule has 0 aromatic rings. The van der Waals surface area contributed by atoms with Crippen LogP contribution in [0, 0.1) is 11.8 Å². The summed E-state index contributed by atoms with van der Waals surface area (Å²) in [5, 5.41) is 0. The van der Waals surface area contributed by atoms with Crippen LogP contribution in [0.4, 0.5) is 0 Å². The van der Waals surface area contributed by atoms with Gasteiger partial charge in [0.2, 0.25) is 0 Å². The van der Waals surface area contributed by atoms with Gasteiger partial charge >= 0.3 is 5.97 Å². The summed E-state index contributed by atoms with van der Waals surface area (Å²) < 4.78 is 5.12. The molecule has 3 unspecified atom stereocenters. The summed E-state index contributed by atoms with van der Waals surface area (Å²) in [6, 6.07) is 0. The Morgan fingerprint density at radius 3 is 2.43 bits per heavy atom. The summed E-state index contributed by atoms with van der Waals surface area (Å²) in [5.74, 6) is 1.46. The van der Waals surface area contributed by atoms with Gasteiger partial charge in [0.15, 0.2) is 0 Å². The number of esters is 1. The Kier molecular flexibility index (Phi) is 6.26. The molecule has 0 amide bonds. The fourth-order valence-electron chi connectivity index (χ4n) is 2.21. The molecule has 0 aromatic carbocycles. The first-order valence-corrected chi connectivity index (χ1v) is 7.79. The highest BCUT2D eigenvalue weighted by atomic mass is 16.5. The van der Waals surface area contributed by atoms with E-state index in [1.165, 1.54) is 12.5 Å². The summed E-state index contributed by atoms with van der Waals surface area (Å²) >= 11 is 0. The van der Waals surface area contributed by atoms with Crippen molar-refractivity contribution >= 4 is 5.97 Å². The Hall–Kier alpha value is -1.83. The first-order chi connectivity index (χ1) is 10.3. The first kappa shape index (κ1) is 15.6. The quantitative estimate of drug-likeness (QED) is 0.390. The Bertz CT molecular complexity index is 480. The molecule has 0 saturated heterocycles. The molecule has 0 aromatic heterocycles. The standard InChI is InChI=1S/C19H24O2/c1-16-15-17(16)11-8-6-4-2-3-5-7-9-12-18-13-10-14-19(20)21-18/h4-12,14,16-18H,2-3,13,15H2,1H3. The predicted molar refractivity (Wildman–Crippen MR) is 86.7 cm³/mol. The molecule has 0 spiro atoms. The van der Waals surface area contributed by atoms with Gasteiger partial charge in [0.05, 0.1) is 0 Å².